The number of thioether (sulfide) groups is 1. The van der Waals surface area contributed by atoms with Gasteiger partial charge in [0.05, 0.1) is 22.8 Å². The number of halogens is 2. The maximum atomic E-state index is 13.3. The Kier molecular flexibility index (Phi) is 4.71. The molecule has 0 saturated carbocycles. The van der Waals surface area contributed by atoms with E-state index >= 15 is 0 Å². The van der Waals surface area contributed by atoms with Crippen molar-refractivity contribution in [3.8, 4) is 0 Å². The standard InChI is InChI=1S/C18H17F2N3OS2/c1-2-15-10-4-6-25-16(10)3-5-23(15)17(24)9-26-18-21-13-7-11(19)12(20)8-14(13)22-18/h4,6-8,15H,2-3,5,9H2,1H3,(H,21,22). The highest BCUT2D eigenvalue weighted by Gasteiger charge is 2.30. The molecule has 0 aliphatic carbocycles. The number of hydrogen-bond acceptors (Lipinski definition) is 4. The lowest BCUT2D eigenvalue weighted by Crippen LogP contribution is -2.40. The summed E-state index contributed by atoms with van der Waals surface area (Å²) in [5, 5.41) is 2.57. The van der Waals surface area contributed by atoms with Crippen molar-refractivity contribution >= 4 is 40.0 Å². The number of nitrogens with one attached hydrogen (secondary N) is 1. The summed E-state index contributed by atoms with van der Waals surface area (Å²) in [5.74, 6) is -1.56. The molecule has 3 aromatic rings. The van der Waals surface area contributed by atoms with Crippen molar-refractivity contribution in [1.82, 2.24) is 14.9 Å². The number of imidazole rings is 1. The number of aromatic amines is 1. The third kappa shape index (κ3) is 3.12. The van der Waals surface area contributed by atoms with E-state index in [1.807, 2.05) is 4.90 Å². The number of thiophene rings is 1. The minimum absolute atomic E-state index is 0.0523. The van der Waals surface area contributed by atoms with Crippen LogP contribution in [-0.4, -0.2) is 33.1 Å². The van der Waals surface area contributed by atoms with Gasteiger partial charge in [0.25, 0.3) is 0 Å². The van der Waals surface area contributed by atoms with Gasteiger partial charge in [-0.3, -0.25) is 4.79 Å². The molecule has 4 nitrogen and oxygen atoms in total. The number of amides is 1. The highest BCUT2D eigenvalue weighted by atomic mass is 32.2. The van der Waals surface area contributed by atoms with Crippen LogP contribution in [0.25, 0.3) is 11.0 Å². The van der Waals surface area contributed by atoms with Crippen LogP contribution in [0.2, 0.25) is 0 Å². The van der Waals surface area contributed by atoms with E-state index in [0.29, 0.717) is 16.2 Å². The van der Waals surface area contributed by atoms with Gasteiger partial charge in [-0.05, 0) is 29.9 Å². The van der Waals surface area contributed by atoms with Crippen LogP contribution in [0.1, 0.15) is 29.8 Å². The first-order valence-electron chi connectivity index (χ1n) is 8.40. The predicted molar refractivity (Wildman–Crippen MR) is 99.5 cm³/mol. The first-order chi connectivity index (χ1) is 12.6. The van der Waals surface area contributed by atoms with Crippen LogP contribution in [0.3, 0.4) is 0 Å². The SMILES string of the molecule is CCC1c2ccsc2CCN1C(=O)CSc1nc2cc(F)c(F)cc2[nH]1. The van der Waals surface area contributed by atoms with Crippen LogP contribution in [0, 0.1) is 11.6 Å². The summed E-state index contributed by atoms with van der Waals surface area (Å²) in [4.78, 5) is 23.2. The van der Waals surface area contributed by atoms with Gasteiger partial charge in [0.1, 0.15) is 0 Å². The predicted octanol–water partition coefficient (Wildman–Crippen LogP) is 4.53. The summed E-state index contributed by atoms with van der Waals surface area (Å²) in [7, 11) is 0. The summed E-state index contributed by atoms with van der Waals surface area (Å²) in [5.41, 5.74) is 2.04. The molecule has 0 radical (unpaired) electrons. The summed E-state index contributed by atoms with van der Waals surface area (Å²) in [6.07, 6.45) is 1.77. The largest absolute Gasteiger partial charge is 0.335 e. The molecule has 2 aromatic heterocycles. The van der Waals surface area contributed by atoms with Crippen LogP contribution in [-0.2, 0) is 11.2 Å². The Morgan fingerprint density at radius 1 is 1.42 bits per heavy atom. The van der Waals surface area contributed by atoms with Crippen LogP contribution in [0.5, 0.6) is 0 Å². The molecule has 0 saturated heterocycles. The van der Waals surface area contributed by atoms with Crippen molar-refractivity contribution in [2.75, 3.05) is 12.3 Å². The number of fused-ring (bicyclic) bond motifs is 2. The van der Waals surface area contributed by atoms with E-state index in [9.17, 15) is 13.6 Å². The van der Waals surface area contributed by atoms with Crippen LogP contribution in [0.4, 0.5) is 8.78 Å². The Labute approximate surface area is 157 Å². The lowest BCUT2D eigenvalue weighted by molar-refractivity contribution is -0.131. The number of nitrogens with zero attached hydrogens (tertiary/aromatic N) is 2. The van der Waals surface area contributed by atoms with E-state index in [2.05, 4.69) is 28.3 Å². The summed E-state index contributed by atoms with van der Waals surface area (Å²) in [6.45, 7) is 2.81. The fourth-order valence-corrected chi connectivity index (χ4v) is 5.10. The first kappa shape index (κ1) is 17.5. The third-order valence-corrected chi connectivity index (χ3v) is 6.49. The molecule has 1 aliphatic rings. The van der Waals surface area contributed by atoms with E-state index in [-0.39, 0.29) is 17.7 Å². The van der Waals surface area contributed by atoms with Gasteiger partial charge in [0.2, 0.25) is 5.91 Å². The van der Waals surface area contributed by atoms with E-state index in [1.54, 1.807) is 11.3 Å². The second-order valence-electron chi connectivity index (χ2n) is 6.17. The summed E-state index contributed by atoms with van der Waals surface area (Å²) in [6, 6.07) is 4.38. The Bertz CT molecular complexity index is 930. The molecular formula is C18H17F2N3OS2. The zero-order chi connectivity index (χ0) is 18.3. The molecule has 1 aliphatic heterocycles. The fraction of sp³-hybridized carbons (Fsp3) is 0.333. The third-order valence-electron chi connectivity index (χ3n) is 4.64. The molecule has 136 valence electrons. The Hall–Kier alpha value is -1.93. The molecule has 4 rings (SSSR count). The van der Waals surface area contributed by atoms with Gasteiger partial charge < -0.3 is 9.88 Å². The number of carbonyl (C=O) groups excluding carboxylic acids is 1. The summed E-state index contributed by atoms with van der Waals surface area (Å²) < 4.78 is 26.6. The van der Waals surface area contributed by atoms with Gasteiger partial charge in [-0.1, -0.05) is 18.7 Å². The maximum Gasteiger partial charge on any atom is 0.233 e. The molecule has 26 heavy (non-hydrogen) atoms. The molecule has 3 heterocycles. The normalized spacial score (nSPS) is 16.9. The van der Waals surface area contributed by atoms with Crippen molar-refractivity contribution in [3.63, 3.8) is 0 Å². The van der Waals surface area contributed by atoms with E-state index in [4.69, 9.17) is 0 Å². The molecule has 0 spiro atoms. The number of carbonyl (C=O) groups is 1. The van der Waals surface area contributed by atoms with Crippen LogP contribution >= 0.6 is 23.1 Å². The van der Waals surface area contributed by atoms with Crippen LogP contribution < -0.4 is 0 Å². The number of H-pyrrole nitrogens is 1. The van der Waals surface area contributed by atoms with E-state index in [0.717, 1.165) is 31.5 Å². The van der Waals surface area contributed by atoms with Gasteiger partial charge in [-0.15, -0.1) is 11.3 Å². The Balaban J connectivity index is 1.47. The quantitative estimate of drug-likeness (QED) is 0.663. The molecule has 1 atom stereocenters. The highest BCUT2D eigenvalue weighted by molar-refractivity contribution is 7.99. The number of benzene rings is 1. The van der Waals surface area contributed by atoms with Gasteiger partial charge in [0, 0.05) is 23.6 Å². The van der Waals surface area contributed by atoms with Crippen molar-refractivity contribution in [2.24, 2.45) is 0 Å². The maximum absolute atomic E-state index is 13.3. The molecule has 1 amide bonds. The average Bonchev–Trinajstić information content (AvgIpc) is 3.25. The molecule has 0 bridgehead atoms. The Morgan fingerprint density at radius 2 is 2.23 bits per heavy atom. The van der Waals surface area contributed by atoms with Gasteiger partial charge in [0.15, 0.2) is 16.8 Å². The second kappa shape index (κ2) is 7.00. The zero-order valence-electron chi connectivity index (χ0n) is 14.1. The Morgan fingerprint density at radius 3 is 3.04 bits per heavy atom. The number of hydrogen-bond donors (Lipinski definition) is 1. The van der Waals surface area contributed by atoms with Crippen molar-refractivity contribution in [1.29, 1.82) is 0 Å². The van der Waals surface area contributed by atoms with Gasteiger partial charge >= 0.3 is 0 Å². The van der Waals surface area contributed by atoms with Gasteiger partial charge in [-0.2, -0.15) is 0 Å². The topological polar surface area (TPSA) is 49.0 Å². The number of rotatable bonds is 4. The lowest BCUT2D eigenvalue weighted by atomic mass is 9.98. The van der Waals surface area contributed by atoms with Crippen LogP contribution in [0.15, 0.2) is 28.7 Å². The smallest absolute Gasteiger partial charge is 0.233 e. The fourth-order valence-electron chi connectivity index (χ4n) is 3.40. The minimum atomic E-state index is -0.928. The molecular weight excluding hydrogens is 376 g/mol. The van der Waals surface area contributed by atoms with Crippen molar-refractivity contribution < 1.29 is 13.6 Å². The van der Waals surface area contributed by atoms with Crippen molar-refractivity contribution in [2.45, 2.75) is 31.0 Å². The number of aromatic nitrogens is 2. The molecule has 0 fully saturated rings. The lowest BCUT2D eigenvalue weighted by Gasteiger charge is -2.35. The molecule has 8 heteroatoms. The molecule has 1 unspecified atom stereocenters. The first-order valence-corrected chi connectivity index (χ1v) is 10.3. The molecule has 1 N–H and O–H groups in total. The molecule has 1 aromatic carbocycles. The second-order valence-corrected chi connectivity index (χ2v) is 8.14. The van der Waals surface area contributed by atoms with E-state index in [1.165, 1.54) is 22.2 Å². The summed E-state index contributed by atoms with van der Waals surface area (Å²) >= 11 is 3.01. The zero-order valence-corrected chi connectivity index (χ0v) is 15.7. The van der Waals surface area contributed by atoms with Gasteiger partial charge in [-0.25, -0.2) is 13.8 Å². The highest BCUT2D eigenvalue weighted by Crippen LogP contribution is 2.35. The monoisotopic (exact) mass is 393 g/mol. The minimum Gasteiger partial charge on any atom is -0.335 e. The average molecular weight is 393 g/mol. The van der Waals surface area contributed by atoms with E-state index < -0.39 is 11.6 Å². The van der Waals surface area contributed by atoms with Crippen molar-refractivity contribution in [3.05, 3.63) is 45.7 Å².